The van der Waals surface area contributed by atoms with Gasteiger partial charge in [-0.3, -0.25) is 9.59 Å². The second-order valence-corrected chi connectivity index (χ2v) is 8.67. The average Bonchev–Trinajstić information content (AvgIpc) is 2.70. The van der Waals surface area contributed by atoms with Gasteiger partial charge in [0, 0.05) is 4.90 Å². The van der Waals surface area contributed by atoms with Gasteiger partial charge in [0.1, 0.15) is 0 Å². The van der Waals surface area contributed by atoms with Gasteiger partial charge >= 0.3 is 0 Å². The van der Waals surface area contributed by atoms with Crippen molar-refractivity contribution < 1.29 is 14.5 Å². The van der Waals surface area contributed by atoms with Crippen LogP contribution in [0.25, 0.3) is 0 Å². The van der Waals surface area contributed by atoms with Crippen LogP contribution < -0.4 is 10.2 Å². The summed E-state index contributed by atoms with van der Waals surface area (Å²) in [6.45, 7) is 5.22. The summed E-state index contributed by atoms with van der Waals surface area (Å²) in [5.74, 6) is 0.101. The number of hydrogen-bond acceptors (Lipinski definition) is 3. The van der Waals surface area contributed by atoms with E-state index >= 15 is 0 Å². The molecule has 0 radical (unpaired) electrons. The summed E-state index contributed by atoms with van der Waals surface area (Å²) in [6.07, 6.45) is 0. The van der Waals surface area contributed by atoms with Gasteiger partial charge in [0.2, 0.25) is 5.91 Å². The van der Waals surface area contributed by atoms with Crippen molar-refractivity contribution in [3.63, 3.8) is 0 Å². The normalized spacial score (nSPS) is 15.9. The van der Waals surface area contributed by atoms with E-state index in [4.69, 9.17) is 11.6 Å². The molecule has 7 heteroatoms. The number of rotatable bonds is 6. The predicted octanol–water partition coefficient (Wildman–Crippen LogP) is 2.19. The molecule has 1 fully saturated rings. The summed E-state index contributed by atoms with van der Waals surface area (Å²) in [5.41, 5.74) is 0.633. The van der Waals surface area contributed by atoms with Crippen LogP contribution in [0.5, 0.6) is 0 Å². The van der Waals surface area contributed by atoms with Crippen LogP contribution in [0, 0.1) is 0 Å². The third kappa shape index (κ3) is 5.74. The van der Waals surface area contributed by atoms with Gasteiger partial charge in [-0.15, -0.1) is 11.8 Å². The lowest BCUT2D eigenvalue weighted by Gasteiger charge is -2.33. The molecule has 1 aliphatic heterocycles. The Kier molecular flexibility index (Phi) is 7.36. The van der Waals surface area contributed by atoms with E-state index < -0.39 is 0 Å². The molecule has 2 aromatic rings. The van der Waals surface area contributed by atoms with Crippen molar-refractivity contribution in [2.45, 2.75) is 17.1 Å². The largest absolute Gasteiger partial charge is 0.330 e. The van der Waals surface area contributed by atoms with E-state index in [0.717, 1.165) is 18.0 Å². The minimum Gasteiger partial charge on any atom is -0.330 e. The quantitative estimate of drug-likeness (QED) is 0.707. The number of piperazine rings is 1. The zero-order chi connectivity index (χ0) is 19.9. The Bertz CT molecular complexity index is 810. The minimum absolute atomic E-state index is 0.0594. The number of hydrogen-bond donors (Lipinski definition) is 2. The molecule has 2 amide bonds. The van der Waals surface area contributed by atoms with E-state index in [-0.39, 0.29) is 17.1 Å². The zero-order valence-electron chi connectivity index (χ0n) is 15.9. The van der Waals surface area contributed by atoms with E-state index in [1.165, 1.54) is 4.90 Å². The first-order valence-electron chi connectivity index (χ1n) is 9.41. The fraction of sp³-hybridized carbons (Fsp3) is 0.333. The Morgan fingerprint density at radius 1 is 1.11 bits per heavy atom. The van der Waals surface area contributed by atoms with Gasteiger partial charge in [-0.2, -0.15) is 0 Å². The molecule has 1 atom stereocenters. The number of carbonyl (C=O) groups is 2. The SMILES string of the molecule is C[C@H](Sc1ccccc1)C(=O)N1CC[NH+](CC(=O)Nc2ccccc2Cl)CC1. The molecular weight excluding hydrogens is 394 g/mol. The summed E-state index contributed by atoms with van der Waals surface area (Å²) in [7, 11) is 0. The van der Waals surface area contributed by atoms with E-state index in [0.29, 0.717) is 30.3 Å². The average molecular weight is 419 g/mol. The van der Waals surface area contributed by atoms with Crippen molar-refractivity contribution >= 4 is 40.9 Å². The fourth-order valence-electron chi connectivity index (χ4n) is 3.21. The lowest BCUT2D eigenvalue weighted by Crippen LogP contribution is -3.15. The molecular formula is C21H25ClN3O2S+. The highest BCUT2D eigenvalue weighted by Crippen LogP contribution is 2.24. The van der Waals surface area contributed by atoms with Gasteiger partial charge < -0.3 is 15.1 Å². The van der Waals surface area contributed by atoms with E-state index in [9.17, 15) is 9.59 Å². The van der Waals surface area contributed by atoms with Gasteiger partial charge in [-0.25, -0.2) is 0 Å². The van der Waals surface area contributed by atoms with E-state index in [2.05, 4.69) is 5.32 Å². The predicted molar refractivity (Wildman–Crippen MR) is 114 cm³/mol. The minimum atomic E-state index is -0.118. The highest BCUT2D eigenvalue weighted by molar-refractivity contribution is 8.00. The Balaban J connectivity index is 1.44. The number of anilines is 1. The number of halogens is 1. The number of benzene rings is 2. The third-order valence-corrected chi connectivity index (χ3v) is 6.17. The maximum absolute atomic E-state index is 12.7. The number of amides is 2. The van der Waals surface area contributed by atoms with Crippen LogP contribution in [-0.4, -0.2) is 54.7 Å². The number of quaternary nitrogens is 1. The molecule has 2 N–H and O–H groups in total. The summed E-state index contributed by atoms with van der Waals surface area (Å²) in [5, 5.41) is 3.28. The molecule has 0 unspecified atom stereocenters. The van der Waals surface area contributed by atoms with Crippen LogP contribution in [0.1, 0.15) is 6.92 Å². The standard InChI is InChI=1S/C21H24ClN3O2S/c1-16(28-17-7-3-2-4-8-17)21(27)25-13-11-24(12-14-25)15-20(26)23-19-10-6-5-9-18(19)22/h2-10,16H,11-15H2,1H3,(H,23,26)/p+1/t16-/m0/s1. The van der Waals surface area contributed by atoms with Crippen LogP contribution in [0.15, 0.2) is 59.5 Å². The second-order valence-electron chi connectivity index (χ2n) is 6.85. The monoisotopic (exact) mass is 418 g/mol. The molecule has 0 saturated carbocycles. The molecule has 5 nitrogen and oxygen atoms in total. The highest BCUT2D eigenvalue weighted by Gasteiger charge is 2.28. The maximum Gasteiger partial charge on any atom is 0.279 e. The van der Waals surface area contributed by atoms with Crippen molar-refractivity contribution in [1.29, 1.82) is 0 Å². The Morgan fingerprint density at radius 2 is 1.75 bits per heavy atom. The molecule has 1 aliphatic rings. The van der Waals surface area contributed by atoms with Crippen LogP contribution in [-0.2, 0) is 9.59 Å². The number of carbonyl (C=O) groups excluding carboxylic acids is 2. The van der Waals surface area contributed by atoms with Crippen molar-refractivity contribution in [3.8, 4) is 0 Å². The highest BCUT2D eigenvalue weighted by atomic mass is 35.5. The molecule has 1 heterocycles. The summed E-state index contributed by atoms with van der Waals surface area (Å²) in [6, 6.07) is 17.2. The van der Waals surface area contributed by atoms with E-state index in [1.807, 2.05) is 54.3 Å². The van der Waals surface area contributed by atoms with Crippen LogP contribution >= 0.6 is 23.4 Å². The number of nitrogens with one attached hydrogen (secondary N) is 2. The van der Waals surface area contributed by atoms with Crippen LogP contribution in [0.3, 0.4) is 0 Å². The molecule has 2 aromatic carbocycles. The zero-order valence-corrected chi connectivity index (χ0v) is 17.4. The Morgan fingerprint density at radius 3 is 2.43 bits per heavy atom. The lowest BCUT2D eigenvalue weighted by molar-refractivity contribution is -0.895. The first-order valence-corrected chi connectivity index (χ1v) is 10.7. The number of nitrogens with zero attached hydrogens (tertiary/aromatic N) is 1. The molecule has 0 aliphatic carbocycles. The van der Waals surface area contributed by atoms with Crippen molar-refractivity contribution in [2.24, 2.45) is 0 Å². The van der Waals surface area contributed by atoms with Crippen molar-refractivity contribution in [1.82, 2.24) is 4.90 Å². The van der Waals surface area contributed by atoms with Gasteiger partial charge in [0.25, 0.3) is 5.91 Å². The second kappa shape index (κ2) is 9.96. The lowest BCUT2D eigenvalue weighted by atomic mass is 10.2. The maximum atomic E-state index is 12.7. The van der Waals surface area contributed by atoms with Gasteiger partial charge in [-0.05, 0) is 31.2 Å². The fourth-order valence-corrected chi connectivity index (χ4v) is 4.37. The Labute approximate surface area is 175 Å². The smallest absolute Gasteiger partial charge is 0.279 e. The Hall–Kier alpha value is -2.02. The van der Waals surface area contributed by atoms with Crippen molar-refractivity contribution in [3.05, 3.63) is 59.6 Å². The van der Waals surface area contributed by atoms with Gasteiger partial charge in [0.05, 0.1) is 42.1 Å². The van der Waals surface area contributed by atoms with Gasteiger partial charge in [-0.1, -0.05) is 41.9 Å². The first-order chi connectivity index (χ1) is 13.5. The van der Waals surface area contributed by atoms with E-state index in [1.54, 1.807) is 23.9 Å². The molecule has 1 saturated heterocycles. The molecule has 3 rings (SSSR count). The molecule has 28 heavy (non-hydrogen) atoms. The van der Waals surface area contributed by atoms with Crippen LogP contribution in [0.2, 0.25) is 5.02 Å². The van der Waals surface area contributed by atoms with Crippen LogP contribution in [0.4, 0.5) is 5.69 Å². The summed E-state index contributed by atoms with van der Waals surface area (Å²) >= 11 is 7.67. The number of para-hydroxylation sites is 1. The molecule has 0 bridgehead atoms. The molecule has 0 aromatic heterocycles. The topological polar surface area (TPSA) is 53.9 Å². The van der Waals surface area contributed by atoms with Crippen molar-refractivity contribution in [2.75, 3.05) is 38.0 Å². The summed E-state index contributed by atoms with van der Waals surface area (Å²) in [4.78, 5) is 29.2. The van der Waals surface area contributed by atoms with Gasteiger partial charge in [0.15, 0.2) is 6.54 Å². The first kappa shape index (κ1) is 20.7. The summed E-state index contributed by atoms with van der Waals surface area (Å²) < 4.78 is 0. The number of thioether (sulfide) groups is 1. The molecule has 148 valence electrons. The molecule has 0 spiro atoms. The third-order valence-electron chi connectivity index (χ3n) is 4.74.